The van der Waals surface area contributed by atoms with Gasteiger partial charge in [-0.1, -0.05) is 48.2 Å². The zero-order chi connectivity index (χ0) is 17.5. The smallest absolute Gasteiger partial charge is 0.253 e. The maximum absolute atomic E-state index is 11.9. The number of amides is 1. The minimum atomic E-state index is -0.210. The summed E-state index contributed by atoms with van der Waals surface area (Å²) in [6, 6.07) is 15.7. The van der Waals surface area contributed by atoms with Gasteiger partial charge in [0.2, 0.25) is 0 Å². The Bertz CT molecular complexity index is 955. The first-order valence-electron chi connectivity index (χ1n) is 7.69. The van der Waals surface area contributed by atoms with Crippen molar-refractivity contribution in [2.24, 2.45) is 0 Å². The van der Waals surface area contributed by atoms with Crippen LogP contribution in [-0.2, 0) is 0 Å². The summed E-state index contributed by atoms with van der Waals surface area (Å²) >= 11 is 3.29. The highest BCUT2D eigenvalue weighted by Crippen LogP contribution is 2.24. The fourth-order valence-electron chi connectivity index (χ4n) is 2.31. The molecule has 3 aromatic rings. The summed E-state index contributed by atoms with van der Waals surface area (Å²) in [4.78, 5) is 15.9. The van der Waals surface area contributed by atoms with Crippen molar-refractivity contribution in [1.82, 2.24) is 10.3 Å². The van der Waals surface area contributed by atoms with E-state index in [0.29, 0.717) is 5.56 Å². The molecule has 0 fully saturated rings. The van der Waals surface area contributed by atoms with Crippen LogP contribution in [0.1, 0.15) is 10.4 Å². The molecule has 0 aliphatic heterocycles. The van der Waals surface area contributed by atoms with E-state index >= 15 is 0 Å². The van der Waals surface area contributed by atoms with Crippen molar-refractivity contribution in [1.29, 1.82) is 0 Å². The van der Waals surface area contributed by atoms with Crippen molar-refractivity contribution in [2.75, 3.05) is 13.2 Å². The average molecular weight is 395 g/mol. The molecule has 1 N–H and O–H groups in total. The molecule has 1 aromatic heterocycles. The van der Waals surface area contributed by atoms with Gasteiger partial charge in [0.15, 0.2) is 0 Å². The molecule has 2 aromatic carbocycles. The highest BCUT2D eigenvalue weighted by molar-refractivity contribution is 9.10. The van der Waals surface area contributed by atoms with Gasteiger partial charge in [0, 0.05) is 22.3 Å². The van der Waals surface area contributed by atoms with Gasteiger partial charge in [0.25, 0.3) is 5.91 Å². The van der Waals surface area contributed by atoms with Gasteiger partial charge >= 0.3 is 0 Å². The maximum atomic E-state index is 11.9. The van der Waals surface area contributed by atoms with E-state index in [-0.39, 0.29) is 19.1 Å². The van der Waals surface area contributed by atoms with Crippen LogP contribution in [0.2, 0.25) is 0 Å². The summed E-state index contributed by atoms with van der Waals surface area (Å²) in [5.74, 6) is 6.38. The first kappa shape index (κ1) is 17.0. The Morgan fingerprint density at radius 3 is 2.84 bits per heavy atom. The summed E-state index contributed by atoms with van der Waals surface area (Å²) in [5.41, 5.74) is 0.489. The van der Waals surface area contributed by atoms with Crippen LogP contribution >= 0.6 is 15.9 Å². The standard InChI is InChI=1S/C20H15BrN2O2/c21-17-12-16(13-22-14-17)20(24)23-10-3-4-11-25-19-9-5-7-15-6-1-2-8-18(15)19/h1-2,5-9,12-14H,10-11H2,(H,23,24). The Balaban J connectivity index is 1.51. The van der Waals surface area contributed by atoms with Gasteiger partial charge in [-0.3, -0.25) is 9.78 Å². The molecule has 1 heterocycles. The number of ether oxygens (including phenoxy) is 1. The third-order valence-corrected chi connectivity index (χ3v) is 3.91. The third-order valence-electron chi connectivity index (χ3n) is 3.48. The topological polar surface area (TPSA) is 51.2 Å². The van der Waals surface area contributed by atoms with E-state index in [1.165, 1.54) is 6.20 Å². The summed E-state index contributed by atoms with van der Waals surface area (Å²) in [6.45, 7) is 0.520. The molecule has 0 aliphatic rings. The molecule has 0 spiro atoms. The summed E-state index contributed by atoms with van der Waals surface area (Å²) < 4.78 is 6.48. The summed E-state index contributed by atoms with van der Waals surface area (Å²) in [7, 11) is 0. The number of nitrogens with zero attached hydrogens (tertiary/aromatic N) is 1. The van der Waals surface area contributed by atoms with Crippen LogP contribution in [0.4, 0.5) is 0 Å². The molecule has 25 heavy (non-hydrogen) atoms. The zero-order valence-electron chi connectivity index (χ0n) is 13.3. The predicted octanol–water partition coefficient (Wildman–Crippen LogP) is 3.81. The Hall–Kier alpha value is -2.84. The van der Waals surface area contributed by atoms with Gasteiger partial charge in [-0.15, -0.1) is 0 Å². The minimum Gasteiger partial charge on any atom is -0.480 e. The van der Waals surface area contributed by atoms with Gasteiger partial charge < -0.3 is 10.1 Å². The van der Waals surface area contributed by atoms with Crippen LogP contribution in [0.25, 0.3) is 10.8 Å². The molecular weight excluding hydrogens is 380 g/mol. The molecule has 3 rings (SSSR count). The number of hydrogen-bond acceptors (Lipinski definition) is 3. The first-order valence-corrected chi connectivity index (χ1v) is 8.48. The van der Waals surface area contributed by atoms with Crippen molar-refractivity contribution >= 4 is 32.6 Å². The van der Waals surface area contributed by atoms with Gasteiger partial charge in [0.1, 0.15) is 12.4 Å². The van der Waals surface area contributed by atoms with Crippen molar-refractivity contribution in [3.8, 4) is 17.6 Å². The van der Waals surface area contributed by atoms with Crippen LogP contribution in [0.15, 0.2) is 65.4 Å². The van der Waals surface area contributed by atoms with E-state index < -0.39 is 0 Å². The lowest BCUT2D eigenvalue weighted by Gasteiger charge is -2.06. The molecule has 0 bridgehead atoms. The number of pyridine rings is 1. The molecule has 0 atom stereocenters. The number of nitrogens with one attached hydrogen (secondary N) is 1. The van der Waals surface area contributed by atoms with Crippen LogP contribution < -0.4 is 10.1 Å². The molecule has 0 saturated heterocycles. The van der Waals surface area contributed by atoms with Crippen LogP contribution in [0.3, 0.4) is 0 Å². The highest BCUT2D eigenvalue weighted by Gasteiger charge is 2.04. The first-order chi connectivity index (χ1) is 12.2. The molecule has 0 radical (unpaired) electrons. The van der Waals surface area contributed by atoms with Crippen LogP contribution in [0, 0.1) is 11.8 Å². The van der Waals surface area contributed by atoms with E-state index in [4.69, 9.17) is 4.74 Å². The van der Waals surface area contributed by atoms with E-state index in [1.807, 2.05) is 42.5 Å². The SMILES string of the molecule is O=C(NCC#CCOc1cccc2ccccc12)c1cncc(Br)c1. The Morgan fingerprint density at radius 1 is 1.12 bits per heavy atom. The molecule has 0 unspecified atom stereocenters. The third kappa shape index (κ3) is 4.59. The largest absolute Gasteiger partial charge is 0.480 e. The summed E-state index contributed by atoms with van der Waals surface area (Å²) in [6.07, 6.45) is 3.14. The number of benzene rings is 2. The maximum Gasteiger partial charge on any atom is 0.253 e. The number of fused-ring (bicyclic) bond motifs is 1. The van der Waals surface area contributed by atoms with Gasteiger partial charge in [0.05, 0.1) is 12.1 Å². The second-order valence-electron chi connectivity index (χ2n) is 5.19. The number of hydrogen-bond donors (Lipinski definition) is 1. The lowest BCUT2D eigenvalue weighted by Crippen LogP contribution is -2.23. The second kappa shape index (κ2) is 8.32. The molecule has 0 aliphatic carbocycles. The lowest BCUT2D eigenvalue weighted by molar-refractivity contribution is 0.0958. The molecule has 1 amide bonds. The number of halogens is 1. The monoisotopic (exact) mass is 394 g/mol. The van der Waals surface area contributed by atoms with E-state index in [9.17, 15) is 4.79 Å². The fraction of sp³-hybridized carbons (Fsp3) is 0.100. The normalized spacial score (nSPS) is 9.96. The van der Waals surface area contributed by atoms with Gasteiger partial charge in [-0.25, -0.2) is 0 Å². The molecule has 4 nitrogen and oxygen atoms in total. The molecule has 5 heteroatoms. The van der Waals surface area contributed by atoms with E-state index in [2.05, 4.69) is 38.1 Å². The van der Waals surface area contributed by atoms with Crippen LogP contribution in [-0.4, -0.2) is 24.0 Å². The molecule has 0 saturated carbocycles. The van der Waals surface area contributed by atoms with Crippen molar-refractivity contribution in [2.45, 2.75) is 0 Å². The summed E-state index contributed by atoms with van der Waals surface area (Å²) in [5, 5.41) is 4.91. The zero-order valence-corrected chi connectivity index (χ0v) is 14.9. The highest BCUT2D eigenvalue weighted by atomic mass is 79.9. The number of rotatable bonds is 4. The van der Waals surface area contributed by atoms with E-state index in [1.54, 1.807) is 12.3 Å². The lowest BCUT2D eigenvalue weighted by atomic mass is 10.1. The Morgan fingerprint density at radius 2 is 1.96 bits per heavy atom. The quantitative estimate of drug-likeness (QED) is 0.684. The molecule has 124 valence electrons. The fourth-order valence-corrected chi connectivity index (χ4v) is 2.68. The Kier molecular flexibility index (Phi) is 5.65. The second-order valence-corrected chi connectivity index (χ2v) is 6.11. The molecular formula is C20H15BrN2O2. The number of aromatic nitrogens is 1. The van der Waals surface area contributed by atoms with Crippen molar-refractivity contribution in [3.63, 3.8) is 0 Å². The predicted molar refractivity (Wildman–Crippen MR) is 101 cm³/mol. The number of carbonyl (C=O) groups excluding carboxylic acids is 1. The van der Waals surface area contributed by atoms with E-state index in [0.717, 1.165) is 21.0 Å². The number of carbonyl (C=O) groups is 1. The van der Waals surface area contributed by atoms with Crippen molar-refractivity contribution in [3.05, 3.63) is 71.0 Å². The van der Waals surface area contributed by atoms with Gasteiger partial charge in [-0.2, -0.15) is 0 Å². The average Bonchev–Trinajstić information content (AvgIpc) is 2.64. The van der Waals surface area contributed by atoms with Crippen molar-refractivity contribution < 1.29 is 9.53 Å². The minimum absolute atomic E-state index is 0.210. The van der Waals surface area contributed by atoms with Gasteiger partial charge in [-0.05, 0) is 33.4 Å². The van der Waals surface area contributed by atoms with Crippen LogP contribution in [0.5, 0.6) is 5.75 Å². The Labute approximate surface area is 154 Å².